The quantitative estimate of drug-likeness (QED) is 0.378. The van der Waals surface area contributed by atoms with E-state index in [0.29, 0.717) is 21.4 Å². The van der Waals surface area contributed by atoms with Crippen LogP contribution < -0.4 is 10.1 Å². The first kappa shape index (κ1) is 18.8. The van der Waals surface area contributed by atoms with Crippen LogP contribution in [0.15, 0.2) is 42.7 Å². The lowest BCUT2D eigenvalue weighted by molar-refractivity contribution is -0.384. The minimum atomic E-state index is -0.604. The molecule has 1 amide bonds. The predicted molar refractivity (Wildman–Crippen MR) is 107 cm³/mol. The van der Waals surface area contributed by atoms with Gasteiger partial charge in [-0.2, -0.15) is 9.61 Å². The third-order valence-electron chi connectivity index (χ3n) is 3.99. The average molecular weight is 431 g/mol. The van der Waals surface area contributed by atoms with Gasteiger partial charge in [0, 0.05) is 17.7 Å². The molecule has 0 saturated heterocycles. The molecule has 0 aliphatic carbocycles. The van der Waals surface area contributed by atoms with Crippen molar-refractivity contribution in [3.8, 4) is 16.3 Å². The first-order valence-corrected chi connectivity index (χ1v) is 9.26. The Balaban J connectivity index is 1.69. The van der Waals surface area contributed by atoms with Crippen LogP contribution in [0.5, 0.6) is 5.75 Å². The van der Waals surface area contributed by atoms with Gasteiger partial charge in [-0.05, 0) is 24.3 Å². The molecule has 0 radical (unpaired) electrons. The van der Waals surface area contributed by atoms with Gasteiger partial charge in [0.2, 0.25) is 4.96 Å². The lowest BCUT2D eigenvalue weighted by Crippen LogP contribution is -2.13. The van der Waals surface area contributed by atoms with E-state index in [4.69, 9.17) is 16.3 Å². The molecule has 0 fully saturated rings. The van der Waals surface area contributed by atoms with Crippen molar-refractivity contribution < 1.29 is 14.5 Å². The van der Waals surface area contributed by atoms with Crippen LogP contribution in [-0.2, 0) is 0 Å². The fourth-order valence-corrected chi connectivity index (χ4v) is 3.63. The number of ether oxygens (including phenoxy) is 1. The highest BCUT2D eigenvalue weighted by Gasteiger charge is 2.18. The molecule has 0 spiro atoms. The Morgan fingerprint density at radius 1 is 1.31 bits per heavy atom. The Bertz CT molecular complexity index is 1230. The lowest BCUT2D eigenvalue weighted by Gasteiger charge is -2.12. The molecule has 0 atom stereocenters. The number of carbonyl (C=O) groups is 1. The minimum Gasteiger partial charge on any atom is -0.495 e. The fourth-order valence-electron chi connectivity index (χ4n) is 2.61. The van der Waals surface area contributed by atoms with Crippen LogP contribution >= 0.6 is 22.9 Å². The molecular formula is C17H11ClN6O4S. The largest absolute Gasteiger partial charge is 0.495 e. The number of nitrogens with zero attached hydrogens (tertiary/aromatic N) is 5. The first-order chi connectivity index (χ1) is 14.0. The Labute approximate surface area is 171 Å². The lowest BCUT2D eigenvalue weighted by atomic mass is 10.1. The highest BCUT2D eigenvalue weighted by molar-refractivity contribution is 7.19. The molecular weight excluding hydrogens is 420 g/mol. The molecule has 4 aromatic rings. The SMILES string of the molecule is COc1ccc(-c2nn3cnnc3s2)cc1NC(=O)c1cc([N+](=O)[O-])ccc1Cl. The highest BCUT2D eigenvalue weighted by Crippen LogP contribution is 2.33. The second-order valence-electron chi connectivity index (χ2n) is 5.76. The van der Waals surface area contributed by atoms with Crippen LogP contribution in [0.4, 0.5) is 11.4 Å². The summed E-state index contributed by atoms with van der Waals surface area (Å²) in [6.07, 6.45) is 1.49. The van der Waals surface area contributed by atoms with Crippen LogP contribution in [0.2, 0.25) is 5.02 Å². The predicted octanol–water partition coefficient (Wildman–Crippen LogP) is 3.68. The molecule has 29 heavy (non-hydrogen) atoms. The number of hydrogen-bond acceptors (Lipinski definition) is 8. The number of nitrogens with one attached hydrogen (secondary N) is 1. The van der Waals surface area contributed by atoms with Crippen LogP contribution in [-0.4, -0.2) is 37.8 Å². The standard InChI is InChI=1S/C17H11ClN6O4S/c1-28-14-5-2-9(16-22-23-8-19-21-17(23)29-16)6-13(14)20-15(25)11-7-10(24(26)27)3-4-12(11)18/h2-8H,1H3,(H,20,25). The van der Waals surface area contributed by atoms with Crippen molar-refractivity contribution in [3.05, 3.63) is 63.4 Å². The molecule has 12 heteroatoms. The number of nitro benzene ring substituents is 1. The number of fused-ring (bicyclic) bond motifs is 1. The number of anilines is 1. The van der Waals surface area contributed by atoms with Gasteiger partial charge in [-0.1, -0.05) is 22.9 Å². The Morgan fingerprint density at radius 3 is 2.86 bits per heavy atom. The van der Waals surface area contributed by atoms with Gasteiger partial charge in [0.15, 0.2) is 0 Å². The number of carbonyl (C=O) groups excluding carboxylic acids is 1. The number of aromatic nitrogens is 4. The van der Waals surface area contributed by atoms with E-state index in [1.54, 1.807) is 22.7 Å². The molecule has 146 valence electrons. The second-order valence-corrected chi connectivity index (χ2v) is 7.12. The number of amides is 1. The first-order valence-electron chi connectivity index (χ1n) is 8.07. The van der Waals surface area contributed by atoms with Gasteiger partial charge in [0.25, 0.3) is 11.6 Å². The molecule has 0 saturated carbocycles. The van der Waals surface area contributed by atoms with Crippen LogP contribution in [0, 0.1) is 10.1 Å². The number of nitro groups is 1. The molecule has 4 rings (SSSR count). The third kappa shape index (κ3) is 3.60. The van der Waals surface area contributed by atoms with Crippen molar-refractivity contribution in [1.29, 1.82) is 0 Å². The highest BCUT2D eigenvalue weighted by atomic mass is 35.5. The smallest absolute Gasteiger partial charge is 0.270 e. The normalized spacial score (nSPS) is 10.8. The summed E-state index contributed by atoms with van der Waals surface area (Å²) < 4.78 is 6.86. The third-order valence-corrected chi connectivity index (χ3v) is 5.28. The molecule has 0 unspecified atom stereocenters. The van der Waals surface area contributed by atoms with Gasteiger partial charge in [-0.15, -0.1) is 10.2 Å². The van der Waals surface area contributed by atoms with E-state index >= 15 is 0 Å². The van der Waals surface area contributed by atoms with Crippen molar-refractivity contribution in [2.24, 2.45) is 0 Å². The maximum atomic E-state index is 12.7. The summed E-state index contributed by atoms with van der Waals surface area (Å²) in [6.45, 7) is 0. The van der Waals surface area contributed by atoms with Crippen LogP contribution in [0.1, 0.15) is 10.4 Å². The van der Waals surface area contributed by atoms with E-state index in [1.807, 2.05) is 0 Å². The molecule has 0 aliphatic heterocycles. The summed E-state index contributed by atoms with van der Waals surface area (Å²) in [4.78, 5) is 23.7. The summed E-state index contributed by atoms with van der Waals surface area (Å²) in [6, 6.07) is 8.82. The zero-order valence-electron chi connectivity index (χ0n) is 14.7. The van der Waals surface area contributed by atoms with Crippen molar-refractivity contribution in [1.82, 2.24) is 19.8 Å². The van der Waals surface area contributed by atoms with E-state index in [1.165, 1.54) is 36.9 Å². The number of methoxy groups -OCH3 is 1. The van der Waals surface area contributed by atoms with Crippen LogP contribution in [0.25, 0.3) is 15.5 Å². The number of rotatable bonds is 5. The van der Waals surface area contributed by atoms with Gasteiger partial charge in [-0.3, -0.25) is 14.9 Å². The van der Waals surface area contributed by atoms with Crippen molar-refractivity contribution >= 4 is 45.2 Å². The monoisotopic (exact) mass is 430 g/mol. The van der Waals surface area contributed by atoms with E-state index in [9.17, 15) is 14.9 Å². The summed E-state index contributed by atoms with van der Waals surface area (Å²) in [5.74, 6) is -0.195. The fraction of sp³-hybridized carbons (Fsp3) is 0.0588. The topological polar surface area (TPSA) is 125 Å². The van der Waals surface area contributed by atoms with E-state index in [2.05, 4.69) is 20.6 Å². The summed E-state index contributed by atoms with van der Waals surface area (Å²) >= 11 is 7.39. The molecule has 0 bridgehead atoms. The molecule has 2 aromatic carbocycles. The Kier molecular flexibility index (Phi) is 4.82. The number of halogens is 1. The molecule has 10 nitrogen and oxygen atoms in total. The average Bonchev–Trinajstić information content (AvgIpc) is 3.30. The Morgan fingerprint density at radius 2 is 2.14 bits per heavy atom. The van der Waals surface area contributed by atoms with E-state index in [0.717, 1.165) is 11.6 Å². The summed E-state index contributed by atoms with van der Waals surface area (Å²) in [7, 11) is 1.47. The molecule has 2 aromatic heterocycles. The number of non-ortho nitro benzene ring substituents is 1. The van der Waals surface area contributed by atoms with Gasteiger partial charge in [0.05, 0.1) is 28.3 Å². The van der Waals surface area contributed by atoms with Crippen LogP contribution in [0.3, 0.4) is 0 Å². The van der Waals surface area contributed by atoms with Gasteiger partial charge < -0.3 is 10.1 Å². The van der Waals surface area contributed by atoms with Gasteiger partial charge in [0.1, 0.15) is 17.1 Å². The number of hydrogen-bond donors (Lipinski definition) is 1. The number of benzene rings is 2. The summed E-state index contributed by atoms with van der Waals surface area (Å²) in [5.41, 5.74) is 0.831. The van der Waals surface area contributed by atoms with Gasteiger partial charge in [-0.25, -0.2) is 0 Å². The van der Waals surface area contributed by atoms with Gasteiger partial charge >= 0.3 is 0 Å². The minimum absolute atomic E-state index is 0.0212. The Hall–Kier alpha value is -3.57. The van der Waals surface area contributed by atoms with Crippen molar-refractivity contribution in [2.75, 3.05) is 12.4 Å². The summed E-state index contributed by atoms with van der Waals surface area (Å²) in [5, 5.41) is 26.5. The molecule has 1 N–H and O–H groups in total. The molecule has 0 aliphatic rings. The van der Waals surface area contributed by atoms with E-state index in [-0.39, 0.29) is 16.3 Å². The zero-order chi connectivity index (χ0) is 20.5. The van der Waals surface area contributed by atoms with Crippen molar-refractivity contribution in [3.63, 3.8) is 0 Å². The van der Waals surface area contributed by atoms with E-state index < -0.39 is 10.8 Å². The second kappa shape index (κ2) is 7.45. The maximum absolute atomic E-state index is 12.7. The maximum Gasteiger partial charge on any atom is 0.270 e. The zero-order valence-corrected chi connectivity index (χ0v) is 16.3. The molecule has 2 heterocycles. The van der Waals surface area contributed by atoms with Crippen molar-refractivity contribution in [2.45, 2.75) is 0 Å².